The minimum absolute atomic E-state index is 0.152. The Hall–Kier alpha value is -3.35. The van der Waals surface area contributed by atoms with Crippen LogP contribution in [0.1, 0.15) is 59.2 Å². The summed E-state index contributed by atoms with van der Waals surface area (Å²) in [6.45, 7) is 3.82. The molecule has 1 aromatic carbocycles. The number of furan rings is 1. The fourth-order valence-electron chi connectivity index (χ4n) is 4.01. The Balaban J connectivity index is 1.50. The molecule has 7 heteroatoms. The van der Waals surface area contributed by atoms with Gasteiger partial charge in [-0.15, -0.1) is 0 Å². The van der Waals surface area contributed by atoms with Crippen LogP contribution in [0, 0.1) is 6.92 Å². The van der Waals surface area contributed by atoms with Gasteiger partial charge in [0.15, 0.2) is 17.0 Å². The van der Waals surface area contributed by atoms with Crippen molar-refractivity contribution in [1.82, 2.24) is 20.1 Å². The van der Waals surface area contributed by atoms with E-state index < -0.39 is 0 Å². The van der Waals surface area contributed by atoms with Crippen LogP contribution in [0.5, 0.6) is 5.75 Å². The molecular weight excluding hydrogens is 380 g/mol. The van der Waals surface area contributed by atoms with Gasteiger partial charge in [-0.2, -0.15) is 5.10 Å². The van der Waals surface area contributed by atoms with Gasteiger partial charge in [0, 0.05) is 24.0 Å². The highest BCUT2D eigenvalue weighted by Gasteiger charge is 2.29. The molecule has 1 unspecified atom stereocenters. The van der Waals surface area contributed by atoms with Gasteiger partial charge in [0.2, 0.25) is 0 Å². The van der Waals surface area contributed by atoms with Gasteiger partial charge >= 0.3 is 0 Å². The van der Waals surface area contributed by atoms with Crippen LogP contribution in [0.4, 0.5) is 0 Å². The first-order valence-corrected chi connectivity index (χ1v) is 10.2. The number of nitrogens with zero attached hydrogens (tertiary/aromatic N) is 3. The number of benzene rings is 1. The molecule has 1 aliphatic rings. The Morgan fingerprint density at radius 2 is 2.13 bits per heavy atom. The Kier molecular flexibility index (Phi) is 4.27. The van der Waals surface area contributed by atoms with E-state index in [9.17, 15) is 4.79 Å². The third-order valence-electron chi connectivity index (χ3n) is 5.75. The van der Waals surface area contributed by atoms with Crippen molar-refractivity contribution < 1.29 is 13.9 Å². The van der Waals surface area contributed by atoms with Crippen LogP contribution in [-0.2, 0) is 7.05 Å². The van der Waals surface area contributed by atoms with E-state index in [1.54, 1.807) is 11.8 Å². The van der Waals surface area contributed by atoms with Crippen molar-refractivity contribution in [3.05, 3.63) is 53.0 Å². The van der Waals surface area contributed by atoms with Crippen LogP contribution in [0.15, 0.2) is 34.7 Å². The van der Waals surface area contributed by atoms with Gasteiger partial charge in [-0.25, -0.2) is 4.98 Å². The summed E-state index contributed by atoms with van der Waals surface area (Å²) in [4.78, 5) is 18.1. The third-order valence-corrected chi connectivity index (χ3v) is 5.75. The van der Waals surface area contributed by atoms with Gasteiger partial charge in [-0.05, 0) is 44.9 Å². The first-order valence-electron chi connectivity index (χ1n) is 10.2. The van der Waals surface area contributed by atoms with Crippen molar-refractivity contribution in [3.8, 4) is 5.75 Å². The smallest absolute Gasteiger partial charge is 0.252 e. The van der Waals surface area contributed by atoms with Gasteiger partial charge in [-0.3, -0.25) is 9.48 Å². The van der Waals surface area contributed by atoms with Crippen molar-refractivity contribution in [1.29, 1.82) is 0 Å². The first kappa shape index (κ1) is 18.7. The summed E-state index contributed by atoms with van der Waals surface area (Å²) in [5, 5.41) is 9.31. The molecule has 1 aliphatic carbocycles. The standard InChI is InChI=1S/C23H24N4O3/c1-12(19-10-15-6-5-7-18(29-4)21(15)30-19)24-23(28)16-11-17(14-8-9-14)25-22-20(16)13(2)26-27(22)3/h5-7,10-12,14H,8-9H2,1-4H3,(H,24,28). The summed E-state index contributed by atoms with van der Waals surface area (Å²) in [6.07, 6.45) is 2.24. The van der Waals surface area contributed by atoms with Crippen LogP contribution in [0.25, 0.3) is 22.0 Å². The minimum atomic E-state index is -0.306. The number of methoxy groups -OCH3 is 1. The van der Waals surface area contributed by atoms with E-state index in [1.807, 2.05) is 51.2 Å². The molecule has 5 rings (SSSR count). The second-order valence-corrected chi connectivity index (χ2v) is 8.00. The fraction of sp³-hybridized carbons (Fsp3) is 0.348. The number of ether oxygens (including phenoxy) is 1. The monoisotopic (exact) mass is 404 g/mol. The molecule has 0 saturated heterocycles. The number of amides is 1. The summed E-state index contributed by atoms with van der Waals surface area (Å²) in [6, 6.07) is 9.30. The molecular formula is C23H24N4O3. The quantitative estimate of drug-likeness (QED) is 0.533. The van der Waals surface area contributed by atoms with Crippen molar-refractivity contribution in [2.45, 2.75) is 38.6 Å². The zero-order valence-corrected chi connectivity index (χ0v) is 17.5. The molecule has 1 N–H and O–H groups in total. The van der Waals surface area contributed by atoms with Gasteiger partial charge in [0.25, 0.3) is 5.91 Å². The van der Waals surface area contributed by atoms with Crippen LogP contribution in [-0.4, -0.2) is 27.8 Å². The second kappa shape index (κ2) is 6.86. The molecule has 0 aliphatic heterocycles. The van der Waals surface area contributed by atoms with E-state index >= 15 is 0 Å². The van der Waals surface area contributed by atoms with E-state index in [-0.39, 0.29) is 11.9 Å². The average Bonchev–Trinajstić information content (AvgIpc) is 3.43. The lowest BCUT2D eigenvalue weighted by Gasteiger charge is -2.13. The third kappa shape index (κ3) is 3.01. The fourth-order valence-corrected chi connectivity index (χ4v) is 4.01. The molecule has 1 saturated carbocycles. The number of pyridine rings is 1. The average molecular weight is 404 g/mol. The lowest BCUT2D eigenvalue weighted by Crippen LogP contribution is -2.27. The van der Waals surface area contributed by atoms with Crippen molar-refractivity contribution in [2.75, 3.05) is 7.11 Å². The highest BCUT2D eigenvalue weighted by Crippen LogP contribution is 2.40. The number of hydrogen-bond acceptors (Lipinski definition) is 5. The highest BCUT2D eigenvalue weighted by atomic mass is 16.5. The molecule has 0 radical (unpaired) electrons. The molecule has 0 bridgehead atoms. The van der Waals surface area contributed by atoms with Gasteiger partial charge < -0.3 is 14.5 Å². The molecule has 7 nitrogen and oxygen atoms in total. The molecule has 30 heavy (non-hydrogen) atoms. The predicted molar refractivity (Wildman–Crippen MR) is 114 cm³/mol. The number of carbonyl (C=O) groups excluding carboxylic acids is 1. The molecule has 3 heterocycles. The lowest BCUT2D eigenvalue weighted by molar-refractivity contribution is 0.0937. The van der Waals surface area contributed by atoms with E-state index in [1.165, 1.54) is 0 Å². The summed E-state index contributed by atoms with van der Waals surface area (Å²) in [5.74, 6) is 1.64. The largest absolute Gasteiger partial charge is 0.493 e. The highest BCUT2D eigenvalue weighted by molar-refractivity contribution is 6.06. The number of aryl methyl sites for hydroxylation is 2. The van der Waals surface area contributed by atoms with E-state index in [0.717, 1.165) is 40.6 Å². The molecule has 1 atom stereocenters. The number of nitrogens with one attached hydrogen (secondary N) is 1. The van der Waals surface area contributed by atoms with E-state index in [0.29, 0.717) is 28.6 Å². The molecule has 3 aromatic heterocycles. The van der Waals surface area contributed by atoms with Gasteiger partial charge in [0.05, 0.1) is 29.8 Å². The Bertz CT molecular complexity index is 1280. The number of aromatic nitrogens is 3. The number of carbonyl (C=O) groups is 1. The summed E-state index contributed by atoms with van der Waals surface area (Å²) >= 11 is 0. The van der Waals surface area contributed by atoms with Crippen molar-refractivity contribution in [2.24, 2.45) is 7.05 Å². The number of hydrogen-bond donors (Lipinski definition) is 1. The van der Waals surface area contributed by atoms with Gasteiger partial charge in [-0.1, -0.05) is 12.1 Å². The minimum Gasteiger partial charge on any atom is -0.493 e. The zero-order valence-electron chi connectivity index (χ0n) is 17.5. The Morgan fingerprint density at radius 1 is 1.33 bits per heavy atom. The molecule has 1 amide bonds. The first-order chi connectivity index (χ1) is 14.5. The molecule has 4 aromatic rings. The SMILES string of the molecule is COc1cccc2cc(C(C)NC(=O)c3cc(C4CC4)nc4c3c(C)nn4C)oc12. The second-order valence-electron chi connectivity index (χ2n) is 8.00. The topological polar surface area (TPSA) is 82.2 Å². The lowest BCUT2D eigenvalue weighted by atomic mass is 10.1. The maximum atomic E-state index is 13.3. The number of fused-ring (bicyclic) bond motifs is 2. The van der Waals surface area contributed by atoms with Crippen LogP contribution < -0.4 is 10.1 Å². The van der Waals surface area contributed by atoms with E-state index in [4.69, 9.17) is 14.1 Å². The molecule has 1 fully saturated rings. The van der Waals surface area contributed by atoms with Gasteiger partial charge in [0.1, 0.15) is 5.76 Å². The summed E-state index contributed by atoms with van der Waals surface area (Å²) < 4.78 is 13.1. The molecule has 0 spiro atoms. The molecule has 154 valence electrons. The van der Waals surface area contributed by atoms with Crippen LogP contribution in [0.3, 0.4) is 0 Å². The Labute approximate surface area is 174 Å². The Morgan fingerprint density at radius 3 is 2.87 bits per heavy atom. The normalized spacial score (nSPS) is 14.9. The van der Waals surface area contributed by atoms with Crippen LogP contribution in [0.2, 0.25) is 0 Å². The van der Waals surface area contributed by atoms with Crippen molar-refractivity contribution in [3.63, 3.8) is 0 Å². The maximum absolute atomic E-state index is 13.3. The summed E-state index contributed by atoms with van der Waals surface area (Å²) in [7, 11) is 3.48. The van der Waals surface area contributed by atoms with E-state index in [2.05, 4.69) is 10.4 Å². The number of rotatable bonds is 5. The summed E-state index contributed by atoms with van der Waals surface area (Å²) in [5.41, 5.74) is 3.82. The predicted octanol–water partition coefficient (Wildman–Crippen LogP) is 4.40. The zero-order chi connectivity index (χ0) is 21.0. The maximum Gasteiger partial charge on any atom is 0.252 e. The van der Waals surface area contributed by atoms with Crippen molar-refractivity contribution >= 4 is 27.9 Å². The number of para-hydroxylation sites is 1. The van der Waals surface area contributed by atoms with Crippen LogP contribution >= 0.6 is 0 Å².